The number of benzene rings is 2. The third-order valence-corrected chi connectivity index (χ3v) is 4.72. The molecule has 0 spiro atoms. The summed E-state index contributed by atoms with van der Waals surface area (Å²) in [7, 11) is 0. The number of aryl methyl sites for hydroxylation is 1. The number of amides is 1. The van der Waals surface area contributed by atoms with Crippen LogP contribution in [-0.2, 0) is 17.8 Å². The van der Waals surface area contributed by atoms with Crippen LogP contribution < -0.4 is 5.32 Å². The summed E-state index contributed by atoms with van der Waals surface area (Å²) in [6.45, 7) is 5.98. The molecule has 1 aliphatic rings. The number of morpholine rings is 1. The van der Waals surface area contributed by atoms with Crippen molar-refractivity contribution in [2.24, 2.45) is 0 Å². The summed E-state index contributed by atoms with van der Waals surface area (Å²) < 4.78 is 5.38. The molecule has 1 N–H and O–H groups in total. The Morgan fingerprint density at radius 1 is 1.15 bits per heavy atom. The number of hydrogen-bond acceptors (Lipinski definition) is 5. The second-order valence-electron chi connectivity index (χ2n) is 6.57. The van der Waals surface area contributed by atoms with E-state index < -0.39 is 10.8 Å². The van der Waals surface area contributed by atoms with Gasteiger partial charge in [-0.05, 0) is 24.1 Å². The van der Waals surface area contributed by atoms with E-state index in [1.807, 2.05) is 24.3 Å². The standard InChI is InChI=1S/C20H23N3O4/c1-15-5-4-8-18(19(15)23(25)26)20(24)21-13-16-6-2-3-7-17(16)14-22-9-11-27-12-10-22/h2-8H,9-14H2,1H3,(H,21,24). The number of rotatable bonds is 6. The molecule has 0 aromatic heterocycles. The zero-order valence-electron chi connectivity index (χ0n) is 15.3. The number of hydrogen-bond donors (Lipinski definition) is 1. The number of nitro groups is 1. The molecule has 0 unspecified atom stereocenters. The molecule has 27 heavy (non-hydrogen) atoms. The predicted octanol–water partition coefficient (Wildman–Crippen LogP) is 2.67. The van der Waals surface area contributed by atoms with Crippen molar-refractivity contribution in [3.63, 3.8) is 0 Å². The van der Waals surface area contributed by atoms with Crippen LogP contribution in [0.2, 0.25) is 0 Å². The molecule has 0 radical (unpaired) electrons. The van der Waals surface area contributed by atoms with Crippen molar-refractivity contribution in [1.82, 2.24) is 10.2 Å². The third-order valence-electron chi connectivity index (χ3n) is 4.72. The van der Waals surface area contributed by atoms with Gasteiger partial charge in [-0.1, -0.05) is 36.4 Å². The van der Waals surface area contributed by atoms with Gasteiger partial charge in [0, 0.05) is 31.7 Å². The number of carbonyl (C=O) groups excluding carboxylic acids is 1. The lowest BCUT2D eigenvalue weighted by Gasteiger charge is -2.27. The molecule has 0 saturated carbocycles. The molecule has 1 saturated heterocycles. The summed E-state index contributed by atoms with van der Waals surface area (Å²) in [5.41, 5.74) is 2.56. The van der Waals surface area contributed by atoms with Crippen molar-refractivity contribution < 1.29 is 14.5 Å². The van der Waals surface area contributed by atoms with Gasteiger partial charge in [-0.15, -0.1) is 0 Å². The maximum absolute atomic E-state index is 12.6. The average Bonchev–Trinajstić information content (AvgIpc) is 2.67. The fraction of sp³-hybridized carbons (Fsp3) is 0.350. The SMILES string of the molecule is Cc1cccc(C(=O)NCc2ccccc2CN2CCOCC2)c1[N+](=O)[O-]. The van der Waals surface area contributed by atoms with Crippen LogP contribution in [0.5, 0.6) is 0 Å². The minimum atomic E-state index is -0.503. The largest absolute Gasteiger partial charge is 0.379 e. The second-order valence-corrected chi connectivity index (χ2v) is 6.57. The molecule has 7 heteroatoms. The lowest BCUT2D eigenvalue weighted by Crippen LogP contribution is -2.36. The number of ether oxygens (including phenoxy) is 1. The Morgan fingerprint density at radius 3 is 2.56 bits per heavy atom. The van der Waals surface area contributed by atoms with Crippen molar-refractivity contribution in [2.45, 2.75) is 20.0 Å². The maximum Gasteiger partial charge on any atom is 0.285 e. The zero-order valence-corrected chi connectivity index (χ0v) is 15.3. The van der Waals surface area contributed by atoms with Crippen molar-refractivity contribution in [1.29, 1.82) is 0 Å². The molecule has 2 aromatic rings. The Balaban J connectivity index is 1.71. The molecule has 0 aliphatic carbocycles. The van der Waals surface area contributed by atoms with Gasteiger partial charge >= 0.3 is 0 Å². The molecule has 1 heterocycles. The highest BCUT2D eigenvalue weighted by Gasteiger charge is 2.22. The van der Waals surface area contributed by atoms with Gasteiger partial charge in [-0.2, -0.15) is 0 Å². The van der Waals surface area contributed by atoms with Crippen LogP contribution in [0.3, 0.4) is 0 Å². The van der Waals surface area contributed by atoms with Crippen LogP contribution in [0, 0.1) is 17.0 Å². The van der Waals surface area contributed by atoms with Gasteiger partial charge in [-0.3, -0.25) is 19.8 Å². The third kappa shape index (κ3) is 4.69. The first-order chi connectivity index (χ1) is 13.1. The molecule has 142 valence electrons. The van der Waals surface area contributed by atoms with E-state index in [4.69, 9.17) is 4.74 Å². The van der Waals surface area contributed by atoms with Crippen molar-refractivity contribution in [2.75, 3.05) is 26.3 Å². The lowest BCUT2D eigenvalue weighted by atomic mass is 10.1. The first-order valence-electron chi connectivity index (χ1n) is 8.95. The molecular weight excluding hydrogens is 346 g/mol. The van der Waals surface area contributed by atoms with Crippen LogP contribution in [0.1, 0.15) is 27.0 Å². The van der Waals surface area contributed by atoms with E-state index in [2.05, 4.69) is 10.2 Å². The monoisotopic (exact) mass is 369 g/mol. The van der Waals surface area contributed by atoms with E-state index in [1.165, 1.54) is 6.07 Å². The number of carbonyl (C=O) groups is 1. The Labute approximate surface area is 158 Å². The van der Waals surface area contributed by atoms with E-state index >= 15 is 0 Å². The Morgan fingerprint density at radius 2 is 1.85 bits per heavy atom. The molecule has 7 nitrogen and oxygen atoms in total. The fourth-order valence-corrected chi connectivity index (χ4v) is 3.24. The molecular formula is C20H23N3O4. The normalized spacial score (nSPS) is 14.7. The first-order valence-corrected chi connectivity index (χ1v) is 8.95. The fourth-order valence-electron chi connectivity index (χ4n) is 3.24. The molecule has 2 aromatic carbocycles. The van der Waals surface area contributed by atoms with Crippen LogP contribution in [0.15, 0.2) is 42.5 Å². The molecule has 3 rings (SSSR count). The number of nitrogens with one attached hydrogen (secondary N) is 1. The van der Waals surface area contributed by atoms with Gasteiger partial charge in [0.15, 0.2) is 0 Å². The number of nitrogens with zero attached hydrogens (tertiary/aromatic N) is 2. The predicted molar refractivity (Wildman–Crippen MR) is 102 cm³/mol. The number of para-hydroxylation sites is 1. The van der Waals surface area contributed by atoms with E-state index in [-0.39, 0.29) is 11.3 Å². The van der Waals surface area contributed by atoms with Crippen molar-refractivity contribution in [3.05, 3.63) is 74.8 Å². The summed E-state index contributed by atoms with van der Waals surface area (Å²) in [6.07, 6.45) is 0. The summed E-state index contributed by atoms with van der Waals surface area (Å²) in [4.78, 5) is 25.7. The summed E-state index contributed by atoms with van der Waals surface area (Å²) in [6, 6.07) is 12.7. The molecule has 0 atom stereocenters. The van der Waals surface area contributed by atoms with Crippen molar-refractivity contribution in [3.8, 4) is 0 Å². The van der Waals surface area contributed by atoms with Crippen LogP contribution in [0.25, 0.3) is 0 Å². The Hall–Kier alpha value is -2.77. The lowest BCUT2D eigenvalue weighted by molar-refractivity contribution is -0.385. The number of nitro benzene ring substituents is 1. The van der Waals surface area contributed by atoms with Gasteiger partial charge in [0.1, 0.15) is 5.56 Å². The Kier molecular flexibility index (Phi) is 6.16. The maximum atomic E-state index is 12.6. The zero-order chi connectivity index (χ0) is 19.2. The first kappa shape index (κ1) is 19.0. The molecule has 1 fully saturated rings. The smallest absolute Gasteiger partial charge is 0.285 e. The van der Waals surface area contributed by atoms with Crippen molar-refractivity contribution >= 4 is 11.6 Å². The summed E-state index contributed by atoms with van der Waals surface area (Å²) >= 11 is 0. The van der Waals surface area contributed by atoms with Gasteiger partial charge in [0.05, 0.1) is 18.1 Å². The van der Waals surface area contributed by atoms with E-state index in [0.29, 0.717) is 12.1 Å². The quantitative estimate of drug-likeness (QED) is 0.625. The van der Waals surface area contributed by atoms with E-state index in [0.717, 1.165) is 44.0 Å². The molecule has 1 amide bonds. The van der Waals surface area contributed by atoms with E-state index in [9.17, 15) is 14.9 Å². The summed E-state index contributed by atoms with van der Waals surface area (Å²) in [5, 5.41) is 14.1. The van der Waals surface area contributed by atoms with Crippen LogP contribution in [-0.4, -0.2) is 42.0 Å². The summed E-state index contributed by atoms with van der Waals surface area (Å²) in [5.74, 6) is -0.438. The van der Waals surface area contributed by atoms with Gasteiger partial charge < -0.3 is 10.1 Å². The Bertz CT molecular complexity index is 832. The minimum absolute atomic E-state index is 0.0886. The highest BCUT2D eigenvalue weighted by Crippen LogP contribution is 2.23. The molecule has 1 aliphatic heterocycles. The second kappa shape index (κ2) is 8.75. The molecule has 0 bridgehead atoms. The highest BCUT2D eigenvalue weighted by molar-refractivity contribution is 5.98. The van der Waals surface area contributed by atoms with E-state index in [1.54, 1.807) is 19.1 Å². The highest BCUT2D eigenvalue weighted by atomic mass is 16.6. The topological polar surface area (TPSA) is 84.7 Å². The van der Waals surface area contributed by atoms with Gasteiger partial charge in [0.2, 0.25) is 0 Å². The van der Waals surface area contributed by atoms with Gasteiger partial charge in [0.25, 0.3) is 11.6 Å². The van der Waals surface area contributed by atoms with Crippen LogP contribution >= 0.6 is 0 Å². The minimum Gasteiger partial charge on any atom is -0.379 e. The van der Waals surface area contributed by atoms with Gasteiger partial charge in [-0.25, -0.2) is 0 Å². The average molecular weight is 369 g/mol. The van der Waals surface area contributed by atoms with Crippen LogP contribution in [0.4, 0.5) is 5.69 Å².